The summed E-state index contributed by atoms with van der Waals surface area (Å²) in [5, 5.41) is 0. The summed E-state index contributed by atoms with van der Waals surface area (Å²) in [5.74, 6) is 0. The largest absolute Gasteiger partial charge is 0.408 e. The van der Waals surface area contributed by atoms with E-state index in [0.29, 0.717) is 26.1 Å². The molecule has 1 aromatic carbocycles. The fourth-order valence-electron chi connectivity index (χ4n) is 2.44. The highest BCUT2D eigenvalue weighted by Crippen LogP contribution is 2.39. The van der Waals surface area contributed by atoms with Crippen LogP contribution in [0.4, 0.5) is 13.2 Å². The minimum atomic E-state index is -4.30. The first-order valence-electron chi connectivity index (χ1n) is 7.27. The van der Waals surface area contributed by atoms with Crippen molar-refractivity contribution >= 4 is 0 Å². The van der Waals surface area contributed by atoms with Gasteiger partial charge in [-0.1, -0.05) is 51.1 Å². The monoisotopic (exact) mass is 302 g/mol. The van der Waals surface area contributed by atoms with Gasteiger partial charge in [-0.05, 0) is 30.5 Å². The standard InChI is InChI=1S/C16H25F3N2/c1-4-10-21(12-15(2,3)11-20)14(16(17,18)19)13-8-6-5-7-9-13/h5-9,14H,4,10-12,20H2,1-3H3. The van der Waals surface area contributed by atoms with Gasteiger partial charge in [-0.25, -0.2) is 0 Å². The van der Waals surface area contributed by atoms with Gasteiger partial charge in [-0.15, -0.1) is 0 Å². The molecular formula is C16H25F3N2. The highest BCUT2D eigenvalue weighted by molar-refractivity contribution is 5.20. The Balaban J connectivity index is 3.14. The molecule has 0 saturated heterocycles. The van der Waals surface area contributed by atoms with Gasteiger partial charge in [0.1, 0.15) is 6.04 Å². The maximum Gasteiger partial charge on any atom is 0.408 e. The molecule has 1 atom stereocenters. The van der Waals surface area contributed by atoms with Crippen molar-refractivity contribution in [3.05, 3.63) is 35.9 Å². The van der Waals surface area contributed by atoms with Crippen molar-refractivity contribution in [2.45, 2.75) is 39.4 Å². The Morgan fingerprint density at radius 3 is 2.14 bits per heavy atom. The van der Waals surface area contributed by atoms with Gasteiger partial charge >= 0.3 is 6.18 Å². The molecule has 0 heterocycles. The minimum absolute atomic E-state index is 0.284. The van der Waals surface area contributed by atoms with Crippen LogP contribution in [0.15, 0.2) is 30.3 Å². The van der Waals surface area contributed by atoms with Crippen LogP contribution in [0.2, 0.25) is 0 Å². The van der Waals surface area contributed by atoms with Gasteiger partial charge in [0.2, 0.25) is 0 Å². The van der Waals surface area contributed by atoms with Crippen LogP contribution in [0.3, 0.4) is 0 Å². The molecule has 0 aliphatic heterocycles. The average Bonchev–Trinajstić information content (AvgIpc) is 2.38. The number of nitrogens with zero attached hydrogens (tertiary/aromatic N) is 1. The van der Waals surface area contributed by atoms with Crippen LogP contribution in [-0.4, -0.2) is 30.7 Å². The van der Waals surface area contributed by atoms with E-state index in [4.69, 9.17) is 5.73 Å². The van der Waals surface area contributed by atoms with E-state index in [1.54, 1.807) is 18.2 Å². The molecule has 1 aromatic rings. The van der Waals surface area contributed by atoms with Crippen molar-refractivity contribution in [1.29, 1.82) is 0 Å². The lowest BCUT2D eigenvalue weighted by Crippen LogP contribution is -2.45. The van der Waals surface area contributed by atoms with Crippen LogP contribution in [0, 0.1) is 5.41 Å². The number of nitrogens with two attached hydrogens (primary N) is 1. The van der Waals surface area contributed by atoms with Crippen LogP contribution < -0.4 is 5.73 Å². The van der Waals surface area contributed by atoms with Crippen molar-refractivity contribution < 1.29 is 13.2 Å². The molecule has 0 saturated carbocycles. The summed E-state index contributed by atoms with van der Waals surface area (Å²) in [4.78, 5) is 1.50. The first-order chi connectivity index (χ1) is 9.71. The Bertz CT molecular complexity index is 415. The molecule has 1 rings (SSSR count). The summed E-state index contributed by atoms with van der Waals surface area (Å²) < 4.78 is 40.8. The molecule has 2 nitrogen and oxygen atoms in total. The molecule has 0 fully saturated rings. The third-order valence-corrected chi connectivity index (χ3v) is 3.49. The fourth-order valence-corrected chi connectivity index (χ4v) is 2.44. The first kappa shape index (κ1) is 18.0. The lowest BCUT2D eigenvalue weighted by molar-refractivity contribution is -0.189. The maximum absolute atomic E-state index is 13.6. The fraction of sp³-hybridized carbons (Fsp3) is 0.625. The molecular weight excluding hydrogens is 277 g/mol. The van der Waals surface area contributed by atoms with Crippen molar-refractivity contribution in [1.82, 2.24) is 4.90 Å². The molecule has 5 heteroatoms. The van der Waals surface area contributed by atoms with E-state index in [1.165, 1.54) is 17.0 Å². The highest BCUT2D eigenvalue weighted by atomic mass is 19.4. The van der Waals surface area contributed by atoms with Crippen LogP contribution >= 0.6 is 0 Å². The maximum atomic E-state index is 13.6. The zero-order valence-corrected chi connectivity index (χ0v) is 13.0. The number of rotatable bonds is 7. The summed E-state index contributed by atoms with van der Waals surface area (Å²) >= 11 is 0. The van der Waals surface area contributed by atoms with Crippen molar-refractivity contribution in [2.75, 3.05) is 19.6 Å². The average molecular weight is 302 g/mol. The lowest BCUT2D eigenvalue weighted by Gasteiger charge is -2.38. The second kappa shape index (κ2) is 7.27. The molecule has 0 radical (unpaired) electrons. The van der Waals surface area contributed by atoms with Gasteiger partial charge in [-0.3, -0.25) is 4.90 Å². The third kappa shape index (κ3) is 5.32. The molecule has 0 aliphatic carbocycles. The van der Waals surface area contributed by atoms with E-state index in [-0.39, 0.29) is 11.0 Å². The SMILES string of the molecule is CCCN(CC(C)(C)CN)C(c1ccccc1)C(F)(F)F. The Morgan fingerprint density at radius 2 is 1.71 bits per heavy atom. The Hall–Kier alpha value is -1.07. The Labute approximate surface area is 125 Å². The van der Waals surface area contributed by atoms with E-state index in [1.807, 2.05) is 20.8 Å². The van der Waals surface area contributed by atoms with Crippen molar-refractivity contribution in [3.8, 4) is 0 Å². The molecule has 0 aromatic heterocycles. The number of halogens is 3. The second-order valence-electron chi connectivity index (χ2n) is 6.19. The first-order valence-corrected chi connectivity index (χ1v) is 7.27. The number of hydrogen-bond acceptors (Lipinski definition) is 2. The molecule has 0 aliphatic rings. The van der Waals surface area contributed by atoms with Crippen LogP contribution in [-0.2, 0) is 0 Å². The quantitative estimate of drug-likeness (QED) is 0.825. The van der Waals surface area contributed by atoms with Crippen LogP contribution in [0.1, 0.15) is 38.8 Å². The summed E-state index contributed by atoms with van der Waals surface area (Å²) in [5.41, 5.74) is 5.62. The molecule has 0 spiro atoms. The van der Waals surface area contributed by atoms with Gasteiger partial charge in [0.25, 0.3) is 0 Å². The Kier molecular flexibility index (Phi) is 6.23. The number of benzene rings is 1. The molecule has 2 N–H and O–H groups in total. The van der Waals surface area contributed by atoms with Gasteiger partial charge in [-0.2, -0.15) is 13.2 Å². The highest BCUT2D eigenvalue weighted by Gasteiger charge is 2.45. The van der Waals surface area contributed by atoms with Gasteiger partial charge in [0.05, 0.1) is 0 Å². The minimum Gasteiger partial charge on any atom is -0.330 e. The number of alkyl halides is 3. The molecule has 21 heavy (non-hydrogen) atoms. The zero-order valence-electron chi connectivity index (χ0n) is 13.0. The smallest absolute Gasteiger partial charge is 0.330 e. The Morgan fingerprint density at radius 1 is 1.14 bits per heavy atom. The normalized spacial score (nSPS) is 14.5. The molecule has 1 unspecified atom stereocenters. The zero-order chi connectivity index (χ0) is 16.1. The van der Waals surface area contributed by atoms with E-state index in [2.05, 4.69) is 0 Å². The molecule has 0 bridgehead atoms. The van der Waals surface area contributed by atoms with Gasteiger partial charge in [0.15, 0.2) is 0 Å². The second-order valence-corrected chi connectivity index (χ2v) is 6.19. The summed E-state index contributed by atoms with van der Waals surface area (Å²) in [6.45, 7) is 6.74. The van der Waals surface area contributed by atoms with E-state index >= 15 is 0 Å². The lowest BCUT2D eigenvalue weighted by atomic mass is 9.91. The predicted molar refractivity (Wildman–Crippen MR) is 79.9 cm³/mol. The van der Waals surface area contributed by atoms with E-state index in [9.17, 15) is 13.2 Å². The summed E-state index contributed by atoms with van der Waals surface area (Å²) in [6.07, 6.45) is -3.64. The predicted octanol–water partition coefficient (Wildman–Crippen LogP) is 3.99. The third-order valence-electron chi connectivity index (χ3n) is 3.49. The van der Waals surface area contributed by atoms with E-state index < -0.39 is 12.2 Å². The van der Waals surface area contributed by atoms with E-state index in [0.717, 1.165) is 0 Å². The van der Waals surface area contributed by atoms with Crippen LogP contribution in [0.5, 0.6) is 0 Å². The van der Waals surface area contributed by atoms with Crippen molar-refractivity contribution in [3.63, 3.8) is 0 Å². The van der Waals surface area contributed by atoms with Crippen LogP contribution in [0.25, 0.3) is 0 Å². The molecule has 0 amide bonds. The summed E-state index contributed by atoms with van der Waals surface area (Å²) in [7, 11) is 0. The van der Waals surface area contributed by atoms with Crippen molar-refractivity contribution in [2.24, 2.45) is 11.1 Å². The van der Waals surface area contributed by atoms with Gasteiger partial charge in [0, 0.05) is 6.54 Å². The van der Waals surface area contributed by atoms with Gasteiger partial charge < -0.3 is 5.73 Å². The summed E-state index contributed by atoms with van der Waals surface area (Å²) in [6, 6.07) is 6.51. The molecule has 120 valence electrons. The topological polar surface area (TPSA) is 29.3 Å². The number of hydrogen-bond donors (Lipinski definition) is 1.